The van der Waals surface area contributed by atoms with E-state index in [0.29, 0.717) is 27.8 Å². The molecule has 3 aromatic rings. The Morgan fingerprint density at radius 2 is 2.17 bits per heavy atom. The highest BCUT2D eigenvalue weighted by atomic mass is 35.5. The van der Waals surface area contributed by atoms with E-state index in [2.05, 4.69) is 30.8 Å². The molecule has 0 aliphatic heterocycles. The van der Waals surface area contributed by atoms with Crippen LogP contribution in [-0.4, -0.2) is 31.9 Å². The fourth-order valence-electron chi connectivity index (χ4n) is 2.07. The van der Waals surface area contributed by atoms with Gasteiger partial charge in [0.1, 0.15) is 17.6 Å². The molecule has 0 bridgehead atoms. The van der Waals surface area contributed by atoms with Gasteiger partial charge in [-0.3, -0.25) is 15.6 Å². The zero-order valence-corrected chi connectivity index (χ0v) is 13.8. The van der Waals surface area contributed by atoms with Crippen molar-refractivity contribution in [3.63, 3.8) is 0 Å². The predicted molar refractivity (Wildman–Crippen MR) is 89.7 cm³/mol. The molecule has 0 spiro atoms. The highest BCUT2D eigenvalue weighted by molar-refractivity contribution is 6.30. The van der Waals surface area contributed by atoms with Crippen LogP contribution in [0.3, 0.4) is 0 Å². The van der Waals surface area contributed by atoms with Gasteiger partial charge in [-0.1, -0.05) is 11.6 Å². The third-order valence-corrected chi connectivity index (χ3v) is 3.57. The minimum atomic E-state index is -0.712. The first-order valence-electron chi connectivity index (χ1n) is 7.17. The van der Waals surface area contributed by atoms with E-state index >= 15 is 0 Å². The molecule has 0 aliphatic carbocycles. The van der Waals surface area contributed by atoms with E-state index in [1.165, 1.54) is 12.7 Å². The maximum absolute atomic E-state index is 12.2. The number of carbonyl (C=O) groups is 1. The van der Waals surface area contributed by atoms with Gasteiger partial charge in [0, 0.05) is 5.02 Å². The Kier molecular flexibility index (Phi) is 4.48. The number of imidazole rings is 1. The van der Waals surface area contributed by atoms with Gasteiger partial charge in [0.15, 0.2) is 17.6 Å². The summed E-state index contributed by atoms with van der Waals surface area (Å²) in [6.07, 6.45) is 2.15. The van der Waals surface area contributed by atoms with Crippen molar-refractivity contribution < 1.29 is 9.53 Å². The van der Waals surface area contributed by atoms with Crippen molar-refractivity contribution in [3.8, 4) is 5.75 Å². The minimum absolute atomic E-state index is 0.351. The lowest BCUT2D eigenvalue weighted by Crippen LogP contribution is -2.40. The first-order valence-corrected chi connectivity index (χ1v) is 7.55. The molecular weight excluding hydrogens is 332 g/mol. The first-order chi connectivity index (χ1) is 11.5. The number of rotatable bonds is 5. The lowest BCUT2D eigenvalue weighted by atomic mass is 10.2. The average molecular weight is 347 g/mol. The SMILES string of the molecule is Cc1cc(Cl)ccc1O[C@H](C)C(=O)NNc1ncnc2nc[nH]c12. The second-order valence-corrected chi connectivity index (χ2v) is 5.54. The molecule has 0 unspecified atom stereocenters. The molecule has 1 atom stereocenters. The second-order valence-electron chi connectivity index (χ2n) is 5.11. The number of hydrogen-bond donors (Lipinski definition) is 3. The summed E-state index contributed by atoms with van der Waals surface area (Å²) in [7, 11) is 0. The van der Waals surface area contributed by atoms with Crippen LogP contribution < -0.4 is 15.6 Å². The highest BCUT2D eigenvalue weighted by Crippen LogP contribution is 2.22. The molecule has 1 amide bonds. The van der Waals surface area contributed by atoms with Gasteiger partial charge in [0.2, 0.25) is 0 Å². The van der Waals surface area contributed by atoms with Gasteiger partial charge in [-0.2, -0.15) is 0 Å². The van der Waals surface area contributed by atoms with Crippen molar-refractivity contribution in [2.24, 2.45) is 0 Å². The number of benzene rings is 1. The molecule has 0 fully saturated rings. The Balaban J connectivity index is 1.63. The van der Waals surface area contributed by atoms with Crippen molar-refractivity contribution in [3.05, 3.63) is 41.4 Å². The summed E-state index contributed by atoms with van der Waals surface area (Å²) in [5, 5.41) is 0.617. The number of amides is 1. The van der Waals surface area contributed by atoms with E-state index < -0.39 is 6.10 Å². The summed E-state index contributed by atoms with van der Waals surface area (Å²) in [5.74, 6) is 0.663. The molecular formula is C15H15ClN6O2. The van der Waals surface area contributed by atoms with Crippen LogP contribution in [0, 0.1) is 6.92 Å². The van der Waals surface area contributed by atoms with Crippen molar-refractivity contribution in [2.75, 3.05) is 5.43 Å². The van der Waals surface area contributed by atoms with Gasteiger partial charge in [0.25, 0.3) is 5.91 Å². The molecule has 3 N–H and O–H groups in total. The number of aryl methyl sites for hydroxylation is 1. The van der Waals surface area contributed by atoms with E-state index in [9.17, 15) is 4.79 Å². The number of hydrazine groups is 1. The molecule has 0 radical (unpaired) electrons. The molecule has 0 aliphatic rings. The van der Waals surface area contributed by atoms with E-state index in [0.717, 1.165) is 5.56 Å². The molecule has 124 valence electrons. The standard InChI is InChI=1S/C15H15ClN6O2/c1-8-5-10(16)3-4-11(8)24-9(2)15(23)22-21-14-12-13(18-6-17-12)19-7-20-14/h3-7,9H,1-2H3,(H,22,23)(H2,17,18,19,20,21)/t9-/m1/s1. The maximum atomic E-state index is 12.2. The summed E-state index contributed by atoms with van der Waals surface area (Å²) < 4.78 is 5.66. The van der Waals surface area contributed by atoms with Crippen LogP contribution in [0.25, 0.3) is 11.2 Å². The predicted octanol–water partition coefficient (Wildman–Crippen LogP) is 2.23. The zero-order chi connectivity index (χ0) is 17.1. The van der Waals surface area contributed by atoms with E-state index in [1.807, 2.05) is 6.92 Å². The monoisotopic (exact) mass is 346 g/mol. The number of nitrogens with zero attached hydrogens (tertiary/aromatic N) is 3. The van der Waals surface area contributed by atoms with Gasteiger partial charge < -0.3 is 9.72 Å². The minimum Gasteiger partial charge on any atom is -0.481 e. The summed E-state index contributed by atoms with van der Waals surface area (Å²) >= 11 is 5.91. The van der Waals surface area contributed by atoms with Crippen LogP contribution >= 0.6 is 11.6 Å². The van der Waals surface area contributed by atoms with Gasteiger partial charge in [-0.15, -0.1) is 0 Å². The van der Waals surface area contributed by atoms with Crippen molar-refractivity contribution in [2.45, 2.75) is 20.0 Å². The number of halogens is 1. The lowest BCUT2D eigenvalue weighted by molar-refractivity contribution is -0.126. The van der Waals surface area contributed by atoms with Crippen LogP contribution in [0.15, 0.2) is 30.9 Å². The number of aromatic nitrogens is 4. The fourth-order valence-corrected chi connectivity index (χ4v) is 2.30. The molecule has 2 aromatic heterocycles. The Bertz CT molecular complexity index is 881. The molecule has 0 saturated carbocycles. The number of carbonyl (C=O) groups excluding carboxylic acids is 1. The topological polar surface area (TPSA) is 105 Å². The fraction of sp³-hybridized carbons (Fsp3) is 0.200. The van der Waals surface area contributed by atoms with Gasteiger partial charge in [0.05, 0.1) is 6.33 Å². The second kappa shape index (κ2) is 6.71. The van der Waals surface area contributed by atoms with Crippen molar-refractivity contribution in [1.82, 2.24) is 25.4 Å². The third kappa shape index (κ3) is 3.38. The van der Waals surface area contributed by atoms with Crippen LogP contribution in [0.2, 0.25) is 5.02 Å². The quantitative estimate of drug-likeness (QED) is 0.612. The van der Waals surface area contributed by atoms with Gasteiger partial charge >= 0.3 is 0 Å². The summed E-state index contributed by atoms with van der Waals surface area (Å²) in [6.45, 7) is 3.51. The first kappa shape index (κ1) is 16.0. The average Bonchev–Trinajstić information content (AvgIpc) is 3.04. The number of aromatic amines is 1. The van der Waals surface area contributed by atoms with Crippen LogP contribution in [-0.2, 0) is 4.79 Å². The number of fused-ring (bicyclic) bond motifs is 1. The van der Waals surface area contributed by atoms with Crippen LogP contribution in [0.1, 0.15) is 12.5 Å². The van der Waals surface area contributed by atoms with E-state index in [1.54, 1.807) is 25.1 Å². The maximum Gasteiger partial charge on any atom is 0.279 e. The Morgan fingerprint density at radius 3 is 2.96 bits per heavy atom. The summed E-state index contributed by atoms with van der Waals surface area (Å²) in [6, 6.07) is 5.21. The zero-order valence-electron chi connectivity index (χ0n) is 13.0. The third-order valence-electron chi connectivity index (χ3n) is 3.34. The Morgan fingerprint density at radius 1 is 1.33 bits per heavy atom. The number of H-pyrrole nitrogens is 1. The van der Waals surface area contributed by atoms with Gasteiger partial charge in [-0.05, 0) is 37.6 Å². The Labute approximate surface area is 142 Å². The van der Waals surface area contributed by atoms with Crippen LogP contribution in [0.5, 0.6) is 5.75 Å². The number of nitrogens with one attached hydrogen (secondary N) is 3. The molecule has 0 saturated heterocycles. The van der Waals surface area contributed by atoms with Crippen LogP contribution in [0.4, 0.5) is 5.82 Å². The largest absolute Gasteiger partial charge is 0.481 e. The van der Waals surface area contributed by atoms with Crippen molar-refractivity contribution in [1.29, 1.82) is 0 Å². The van der Waals surface area contributed by atoms with Gasteiger partial charge in [-0.25, -0.2) is 15.0 Å². The van der Waals surface area contributed by atoms with E-state index in [-0.39, 0.29) is 5.91 Å². The molecule has 3 rings (SSSR count). The van der Waals surface area contributed by atoms with Crippen molar-refractivity contribution >= 4 is 34.5 Å². The molecule has 1 aromatic carbocycles. The molecule has 2 heterocycles. The molecule has 9 heteroatoms. The smallest absolute Gasteiger partial charge is 0.279 e. The molecule has 8 nitrogen and oxygen atoms in total. The molecule has 24 heavy (non-hydrogen) atoms. The lowest BCUT2D eigenvalue weighted by Gasteiger charge is -2.17. The number of ether oxygens (including phenoxy) is 1. The summed E-state index contributed by atoms with van der Waals surface area (Å²) in [4.78, 5) is 27.1. The normalized spacial score (nSPS) is 12.0. The summed E-state index contributed by atoms with van der Waals surface area (Å²) in [5.41, 5.74) is 7.25. The number of hydrogen-bond acceptors (Lipinski definition) is 6. The highest BCUT2D eigenvalue weighted by Gasteiger charge is 2.16. The Hall–Kier alpha value is -2.87. The van der Waals surface area contributed by atoms with E-state index in [4.69, 9.17) is 16.3 Å². The number of anilines is 1.